The highest BCUT2D eigenvalue weighted by atomic mass is 16.6. The van der Waals surface area contributed by atoms with Crippen LogP contribution in [0.1, 0.15) is 22.2 Å². The van der Waals surface area contributed by atoms with Crippen LogP contribution in [0.2, 0.25) is 0 Å². The van der Waals surface area contributed by atoms with Gasteiger partial charge >= 0.3 is 5.97 Å². The second-order valence-corrected chi connectivity index (χ2v) is 4.00. The maximum Gasteiger partial charge on any atom is 0.337 e. The summed E-state index contributed by atoms with van der Waals surface area (Å²) in [4.78, 5) is 14.9. The number of rotatable bonds is 3. The maximum atomic E-state index is 11.0. The molecule has 1 fully saturated rings. The van der Waals surface area contributed by atoms with Crippen molar-refractivity contribution in [2.45, 2.75) is 24.4 Å². The zero-order valence-corrected chi connectivity index (χ0v) is 9.30. The number of pyridine rings is 1. The zero-order chi connectivity index (χ0) is 13.3. The van der Waals surface area contributed by atoms with Crippen molar-refractivity contribution in [3.63, 3.8) is 0 Å². The number of carbonyl (C=O) groups is 1. The fourth-order valence-electron chi connectivity index (χ4n) is 1.95. The van der Waals surface area contributed by atoms with Crippen LogP contribution in [0.5, 0.6) is 0 Å². The second kappa shape index (κ2) is 4.99. The molecule has 0 radical (unpaired) electrons. The smallest absolute Gasteiger partial charge is 0.337 e. The summed E-state index contributed by atoms with van der Waals surface area (Å²) in [6.45, 7) is -0.468. The van der Waals surface area contributed by atoms with Crippen molar-refractivity contribution in [3.05, 3.63) is 29.6 Å². The van der Waals surface area contributed by atoms with Crippen molar-refractivity contribution >= 4 is 5.97 Å². The van der Waals surface area contributed by atoms with E-state index in [0.717, 1.165) is 0 Å². The molecule has 2 rings (SSSR count). The molecule has 18 heavy (non-hydrogen) atoms. The molecule has 1 saturated heterocycles. The van der Waals surface area contributed by atoms with Crippen LogP contribution in [0.25, 0.3) is 0 Å². The minimum Gasteiger partial charge on any atom is -0.478 e. The number of aliphatic hydroxyl groups is 3. The fourth-order valence-corrected chi connectivity index (χ4v) is 1.95. The Hall–Kier alpha value is -1.54. The van der Waals surface area contributed by atoms with E-state index in [4.69, 9.17) is 14.9 Å². The third-order valence-corrected chi connectivity index (χ3v) is 2.88. The minimum atomic E-state index is -1.32. The molecule has 4 atom stereocenters. The quantitative estimate of drug-likeness (QED) is 0.543. The van der Waals surface area contributed by atoms with E-state index in [-0.39, 0.29) is 11.3 Å². The van der Waals surface area contributed by atoms with Crippen LogP contribution in [-0.4, -0.2) is 56.3 Å². The fraction of sp³-hybridized carbons (Fsp3) is 0.455. The molecule has 7 nitrogen and oxygen atoms in total. The van der Waals surface area contributed by atoms with Gasteiger partial charge in [-0.25, -0.2) is 4.79 Å². The summed E-state index contributed by atoms with van der Waals surface area (Å²) in [5, 5.41) is 37.4. The van der Waals surface area contributed by atoms with Crippen LogP contribution < -0.4 is 0 Å². The van der Waals surface area contributed by atoms with Crippen molar-refractivity contribution in [1.29, 1.82) is 0 Å². The number of hydrogen-bond donors (Lipinski definition) is 4. The first-order chi connectivity index (χ1) is 8.56. The van der Waals surface area contributed by atoms with Gasteiger partial charge in [0.2, 0.25) is 0 Å². The Morgan fingerprint density at radius 3 is 2.67 bits per heavy atom. The van der Waals surface area contributed by atoms with Crippen LogP contribution in [0.4, 0.5) is 0 Å². The number of hydrogen-bond acceptors (Lipinski definition) is 6. The van der Waals surface area contributed by atoms with E-state index in [9.17, 15) is 15.0 Å². The van der Waals surface area contributed by atoms with Gasteiger partial charge in [0.05, 0.1) is 17.9 Å². The molecule has 1 aromatic rings. The molecule has 0 aromatic carbocycles. The summed E-state index contributed by atoms with van der Waals surface area (Å²) in [5.74, 6) is -1.20. The highest BCUT2D eigenvalue weighted by molar-refractivity contribution is 5.88. The second-order valence-electron chi connectivity index (χ2n) is 4.00. The van der Waals surface area contributed by atoms with E-state index < -0.39 is 37.0 Å². The van der Waals surface area contributed by atoms with Gasteiger partial charge in [0.1, 0.15) is 24.4 Å². The Kier molecular flexibility index (Phi) is 3.58. The topological polar surface area (TPSA) is 120 Å². The van der Waals surface area contributed by atoms with Crippen molar-refractivity contribution in [1.82, 2.24) is 4.98 Å². The monoisotopic (exact) mass is 255 g/mol. The molecule has 0 saturated carbocycles. The molecule has 1 aromatic heterocycles. The first-order valence-electron chi connectivity index (χ1n) is 5.37. The van der Waals surface area contributed by atoms with Gasteiger partial charge in [-0.1, -0.05) is 0 Å². The van der Waals surface area contributed by atoms with E-state index in [1.54, 1.807) is 0 Å². The zero-order valence-electron chi connectivity index (χ0n) is 9.30. The van der Waals surface area contributed by atoms with Gasteiger partial charge in [0.15, 0.2) is 0 Å². The Morgan fingerprint density at radius 2 is 2.11 bits per heavy atom. The summed E-state index contributed by atoms with van der Waals surface area (Å²) < 4.78 is 5.24. The predicted octanol–water partition coefficient (Wildman–Crippen LogP) is -1.07. The molecule has 4 N–H and O–H groups in total. The highest BCUT2D eigenvalue weighted by Crippen LogP contribution is 2.33. The maximum absolute atomic E-state index is 11.0. The van der Waals surface area contributed by atoms with Crippen molar-refractivity contribution in [3.8, 4) is 0 Å². The molecule has 0 bridgehead atoms. The molecule has 7 heteroatoms. The Morgan fingerprint density at radius 1 is 1.39 bits per heavy atom. The van der Waals surface area contributed by atoms with Gasteiger partial charge in [0.25, 0.3) is 0 Å². The Labute approximate surface area is 102 Å². The molecule has 98 valence electrons. The lowest BCUT2D eigenvalue weighted by Gasteiger charge is -2.15. The van der Waals surface area contributed by atoms with Gasteiger partial charge < -0.3 is 25.2 Å². The van der Waals surface area contributed by atoms with Gasteiger partial charge in [-0.15, -0.1) is 0 Å². The third kappa shape index (κ3) is 2.08. The van der Waals surface area contributed by atoms with Crippen LogP contribution in [0.3, 0.4) is 0 Å². The average Bonchev–Trinajstić information content (AvgIpc) is 2.66. The average molecular weight is 255 g/mol. The van der Waals surface area contributed by atoms with Gasteiger partial charge in [-0.05, 0) is 12.1 Å². The molecular formula is C11H13NO6. The number of aromatic carboxylic acids is 1. The first kappa shape index (κ1) is 12.9. The normalized spacial score (nSPS) is 31.5. The number of nitrogens with zero attached hydrogens (tertiary/aromatic N) is 1. The molecule has 2 heterocycles. The van der Waals surface area contributed by atoms with Gasteiger partial charge in [-0.3, -0.25) is 4.98 Å². The van der Waals surface area contributed by atoms with Crippen molar-refractivity contribution in [2.75, 3.05) is 6.61 Å². The van der Waals surface area contributed by atoms with Crippen molar-refractivity contribution in [2.24, 2.45) is 0 Å². The van der Waals surface area contributed by atoms with Gasteiger partial charge in [0, 0.05) is 6.20 Å². The summed E-state index contributed by atoms with van der Waals surface area (Å²) in [6.07, 6.45) is -3.24. The molecule has 1 aliphatic heterocycles. The molecule has 0 unspecified atom stereocenters. The predicted molar refractivity (Wildman–Crippen MR) is 57.9 cm³/mol. The Balaban J connectivity index is 2.35. The van der Waals surface area contributed by atoms with E-state index in [1.807, 2.05) is 0 Å². The third-order valence-electron chi connectivity index (χ3n) is 2.88. The molecular weight excluding hydrogens is 242 g/mol. The SMILES string of the molecule is O=C(O)c1cccnc1[C@@H]1O[C@H](CO)[C@@H](O)[C@H]1O. The number of carboxylic acid groups (broad SMARTS) is 1. The molecule has 0 aliphatic carbocycles. The van der Waals surface area contributed by atoms with Gasteiger partial charge in [-0.2, -0.15) is 0 Å². The number of carboxylic acids is 1. The van der Waals surface area contributed by atoms with E-state index in [2.05, 4.69) is 4.98 Å². The van der Waals surface area contributed by atoms with E-state index in [1.165, 1.54) is 18.3 Å². The van der Waals surface area contributed by atoms with Crippen LogP contribution >= 0.6 is 0 Å². The highest BCUT2D eigenvalue weighted by Gasteiger charge is 2.44. The first-order valence-corrected chi connectivity index (χ1v) is 5.37. The lowest BCUT2D eigenvalue weighted by Crippen LogP contribution is -2.32. The molecule has 1 aliphatic rings. The summed E-state index contributed by atoms with van der Waals surface area (Å²) in [7, 11) is 0. The van der Waals surface area contributed by atoms with E-state index in [0.29, 0.717) is 0 Å². The molecule has 0 amide bonds. The minimum absolute atomic E-state index is 0.0347. The summed E-state index contributed by atoms with van der Waals surface area (Å²) in [5.41, 5.74) is -0.0696. The standard InChI is InChI=1S/C11H13NO6/c13-4-6-8(14)9(15)10(18-6)7-5(11(16)17)2-1-3-12-7/h1-3,6,8-10,13-15H,4H2,(H,16,17)/t6-,8-,9-,10+/m1/s1. The summed E-state index contributed by atoms with van der Waals surface area (Å²) in [6, 6.07) is 2.79. The number of aliphatic hydroxyl groups excluding tert-OH is 3. The van der Waals surface area contributed by atoms with Crippen LogP contribution in [-0.2, 0) is 4.74 Å². The molecule has 0 spiro atoms. The largest absolute Gasteiger partial charge is 0.478 e. The van der Waals surface area contributed by atoms with Crippen molar-refractivity contribution < 1.29 is 30.0 Å². The Bertz CT molecular complexity index is 451. The lowest BCUT2D eigenvalue weighted by atomic mass is 10.0. The van der Waals surface area contributed by atoms with E-state index >= 15 is 0 Å². The summed E-state index contributed by atoms with van der Waals surface area (Å²) >= 11 is 0. The number of aromatic nitrogens is 1. The lowest BCUT2D eigenvalue weighted by molar-refractivity contribution is -0.0242. The van der Waals surface area contributed by atoms with Crippen LogP contribution in [0.15, 0.2) is 18.3 Å². The number of ether oxygens (including phenoxy) is 1. The van der Waals surface area contributed by atoms with Crippen LogP contribution in [0, 0.1) is 0 Å².